The molecule has 0 fully saturated rings. The SMILES string of the molecule is CC(=S)SCOC=O. The standard InChI is InChI=1S/C4H6O2S2/c1-4(7)8-3-6-2-5/h2H,3H2,1H3. The summed E-state index contributed by atoms with van der Waals surface area (Å²) in [4.78, 5) is 9.51. The van der Waals surface area contributed by atoms with Crippen molar-refractivity contribution in [1.82, 2.24) is 0 Å². The van der Waals surface area contributed by atoms with Crippen LogP contribution in [0.5, 0.6) is 0 Å². The van der Waals surface area contributed by atoms with Gasteiger partial charge in [0.1, 0.15) is 5.94 Å². The van der Waals surface area contributed by atoms with Crippen molar-refractivity contribution in [2.24, 2.45) is 0 Å². The summed E-state index contributed by atoms with van der Waals surface area (Å²) in [5.41, 5.74) is 0. The maximum atomic E-state index is 9.51. The predicted molar refractivity (Wildman–Crippen MR) is 37.9 cm³/mol. The minimum Gasteiger partial charge on any atom is -0.456 e. The van der Waals surface area contributed by atoms with Crippen molar-refractivity contribution in [3.8, 4) is 0 Å². The molecule has 0 radical (unpaired) electrons. The first kappa shape index (κ1) is 7.91. The molecule has 0 aliphatic rings. The van der Waals surface area contributed by atoms with Gasteiger partial charge in [0, 0.05) is 4.20 Å². The van der Waals surface area contributed by atoms with E-state index in [4.69, 9.17) is 0 Å². The highest BCUT2D eigenvalue weighted by atomic mass is 32.2. The smallest absolute Gasteiger partial charge is 0.293 e. The number of carbonyl (C=O) groups excluding carboxylic acids is 1. The summed E-state index contributed by atoms with van der Waals surface area (Å²) in [5.74, 6) is 0.332. The van der Waals surface area contributed by atoms with Gasteiger partial charge < -0.3 is 4.74 Å². The summed E-state index contributed by atoms with van der Waals surface area (Å²) in [7, 11) is 0. The lowest BCUT2D eigenvalue weighted by Gasteiger charge is -1.92. The van der Waals surface area contributed by atoms with Gasteiger partial charge in [0.25, 0.3) is 6.47 Å². The van der Waals surface area contributed by atoms with Gasteiger partial charge in [-0.25, -0.2) is 0 Å². The minimum absolute atomic E-state index is 0.332. The quantitative estimate of drug-likeness (QED) is 0.261. The van der Waals surface area contributed by atoms with E-state index in [1.54, 1.807) is 6.92 Å². The number of thioether (sulfide) groups is 1. The van der Waals surface area contributed by atoms with Crippen LogP contribution in [-0.2, 0) is 9.53 Å². The van der Waals surface area contributed by atoms with E-state index < -0.39 is 0 Å². The van der Waals surface area contributed by atoms with Crippen LogP contribution in [0.15, 0.2) is 0 Å². The van der Waals surface area contributed by atoms with Crippen molar-refractivity contribution in [2.45, 2.75) is 6.92 Å². The highest BCUT2D eigenvalue weighted by Crippen LogP contribution is 2.01. The van der Waals surface area contributed by atoms with Crippen LogP contribution < -0.4 is 0 Å². The molecule has 0 rings (SSSR count). The number of hydrogen-bond donors (Lipinski definition) is 0. The van der Waals surface area contributed by atoms with E-state index in [9.17, 15) is 4.79 Å². The summed E-state index contributed by atoms with van der Waals surface area (Å²) in [6.07, 6.45) is 0. The number of thiocarbonyl (C=S) groups is 1. The summed E-state index contributed by atoms with van der Waals surface area (Å²) < 4.78 is 5.12. The predicted octanol–water partition coefficient (Wildman–Crippen LogP) is 1.20. The Bertz CT molecular complexity index is 92.0. The first-order valence-corrected chi connectivity index (χ1v) is 3.35. The Hall–Kier alpha value is -0.0900. The molecule has 0 spiro atoms. The molecule has 0 bridgehead atoms. The fourth-order valence-corrected chi connectivity index (χ4v) is 0.579. The zero-order valence-electron chi connectivity index (χ0n) is 4.42. The Labute approximate surface area is 57.6 Å². The molecule has 0 unspecified atom stereocenters. The first-order chi connectivity index (χ1) is 3.77. The molecular weight excluding hydrogens is 144 g/mol. The number of carbonyl (C=O) groups is 1. The van der Waals surface area contributed by atoms with E-state index >= 15 is 0 Å². The van der Waals surface area contributed by atoms with E-state index in [1.807, 2.05) is 0 Å². The van der Waals surface area contributed by atoms with Gasteiger partial charge in [0.05, 0.1) is 0 Å². The van der Waals surface area contributed by atoms with Gasteiger partial charge in [-0.1, -0.05) is 24.0 Å². The van der Waals surface area contributed by atoms with Gasteiger partial charge in [-0.2, -0.15) is 0 Å². The van der Waals surface area contributed by atoms with Crippen molar-refractivity contribution in [3.05, 3.63) is 0 Å². The van der Waals surface area contributed by atoms with Crippen LogP contribution >= 0.6 is 24.0 Å². The lowest BCUT2D eigenvalue weighted by Crippen LogP contribution is -1.87. The molecule has 0 aromatic heterocycles. The molecular formula is C4H6O2S2. The Morgan fingerprint density at radius 2 is 2.62 bits per heavy atom. The van der Waals surface area contributed by atoms with Crippen LogP contribution in [-0.4, -0.2) is 16.6 Å². The monoisotopic (exact) mass is 150 g/mol. The fraction of sp³-hybridized carbons (Fsp3) is 0.500. The largest absolute Gasteiger partial charge is 0.456 e. The number of ether oxygens (including phenoxy) is 1. The van der Waals surface area contributed by atoms with Crippen LogP contribution in [0.4, 0.5) is 0 Å². The number of rotatable bonds is 3. The lowest BCUT2D eigenvalue weighted by atomic mass is 11.0. The first-order valence-electron chi connectivity index (χ1n) is 1.96. The molecule has 46 valence electrons. The normalized spacial score (nSPS) is 8.12. The third-order valence-electron chi connectivity index (χ3n) is 0.398. The highest BCUT2D eigenvalue weighted by molar-refractivity contribution is 8.22. The van der Waals surface area contributed by atoms with E-state index in [0.717, 1.165) is 4.20 Å². The van der Waals surface area contributed by atoms with Gasteiger partial charge in [-0.3, -0.25) is 4.79 Å². The third-order valence-corrected chi connectivity index (χ3v) is 1.41. The zero-order valence-corrected chi connectivity index (χ0v) is 6.05. The molecule has 0 amide bonds. The Balaban J connectivity index is 2.93. The van der Waals surface area contributed by atoms with Crippen LogP contribution in [0.3, 0.4) is 0 Å². The van der Waals surface area contributed by atoms with Crippen molar-refractivity contribution < 1.29 is 9.53 Å². The summed E-state index contributed by atoms with van der Waals surface area (Å²) in [6, 6.07) is 0. The molecule has 0 saturated carbocycles. The average molecular weight is 150 g/mol. The van der Waals surface area contributed by atoms with Crippen molar-refractivity contribution in [1.29, 1.82) is 0 Å². The van der Waals surface area contributed by atoms with Crippen LogP contribution in [0.1, 0.15) is 6.92 Å². The van der Waals surface area contributed by atoms with Crippen molar-refractivity contribution in [2.75, 3.05) is 5.94 Å². The molecule has 0 aliphatic carbocycles. The second-order valence-electron chi connectivity index (χ2n) is 1.02. The summed E-state index contributed by atoms with van der Waals surface area (Å²) in [6.45, 7) is 2.19. The Kier molecular flexibility index (Phi) is 5.00. The van der Waals surface area contributed by atoms with E-state index in [2.05, 4.69) is 17.0 Å². The Morgan fingerprint density at radius 3 is 3.00 bits per heavy atom. The molecule has 0 heterocycles. The fourth-order valence-electron chi connectivity index (χ4n) is 0.145. The van der Waals surface area contributed by atoms with Gasteiger partial charge >= 0.3 is 0 Å². The minimum atomic E-state index is 0.332. The molecule has 0 aromatic carbocycles. The van der Waals surface area contributed by atoms with E-state index in [-0.39, 0.29) is 0 Å². The van der Waals surface area contributed by atoms with Gasteiger partial charge in [-0.15, -0.1) is 0 Å². The maximum absolute atomic E-state index is 9.51. The maximum Gasteiger partial charge on any atom is 0.293 e. The van der Waals surface area contributed by atoms with Crippen LogP contribution in [0.25, 0.3) is 0 Å². The molecule has 4 heteroatoms. The van der Waals surface area contributed by atoms with Gasteiger partial charge in [-0.05, 0) is 6.92 Å². The third kappa shape index (κ3) is 5.91. The molecule has 0 atom stereocenters. The van der Waals surface area contributed by atoms with E-state index in [1.165, 1.54) is 11.8 Å². The molecule has 2 nitrogen and oxygen atoms in total. The van der Waals surface area contributed by atoms with Crippen molar-refractivity contribution >= 4 is 34.6 Å². The summed E-state index contributed by atoms with van der Waals surface area (Å²) in [5, 5.41) is 0. The average Bonchev–Trinajstić information content (AvgIpc) is 1.66. The van der Waals surface area contributed by atoms with Gasteiger partial charge in [0.2, 0.25) is 0 Å². The molecule has 0 N–H and O–H groups in total. The zero-order chi connectivity index (χ0) is 6.41. The second kappa shape index (κ2) is 5.05. The molecule has 0 aliphatic heterocycles. The molecule has 8 heavy (non-hydrogen) atoms. The van der Waals surface area contributed by atoms with Crippen LogP contribution in [0.2, 0.25) is 0 Å². The second-order valence-corrected chi connectivity index (χ2v) is 3.02. The van der Waals surface area contributed by atoms with E-state index in [0.29, 0.717) is 12.4 Å². The molecule has 0 aromatic rings. The topological polar surface area (TPSA) is 26.3 Å². The van der Waals surface area contributed by atoms with Crippen LogP contribution in [0, 0.1) is 0 Å². The molecule has 0 saturated heterocycles. The Morgan fingerprint density at radius 1 is 2.00 bits per heavy atom. The van der Waals surface area contributed by atoms with Crippen molar-refractivity contribution in [3.63, 3.8) is 0 Å². The number of hydrogen-bond acceptors (Lipinski definition) is 4. The summed E-state index contributed by atoms with van der Waals surface area (Å²) >= 11 is 6.01. The lowest BCUT2D eigenvalue weighted by molar-refractivity contribution is -0.126. The van der Waals surface area contributed by atoms with Gasteiger partial charge in [0.15, 0.2) is 0 Å². The highest BCUT2D eigenvalue weighted by Gasteiger charge is 1.85.